The number of carboxylic acid groups (broad SMARTS) is 1. The van der Waals surface area contributed by atoms with Crippen LogP contribution in [0.1, 0.15) is 17.2 Å². The van der Waals surface area contributed by atoms with Crippen molar-refractivity contribution in [3.8, 4) is 0 Å². The highest BCUT2D eigenvalue weighted by molar-refractivity contribution is 8.14. The predicted molar refractivity (Wildman–Crippen MR) is 83.3 cm³/mol. The van der Waals surface area contributed by atoms with E-state index in [1.807, 2.05) is 6.07 Å². The third-order valence-corrected chi connectivity index (χ3v) is 5.22. The van der Waals surface area contributed by atoms with Crippen LogP contribution in [0.4, 0.5) is 0 Å². The van der Waals surface area contributed by atoms with E-state index in [4.69, 9.17) is 0 Å². The number of aliphatic carboxylic acids is 1. The van der Waals surface area contributed by atoms with E-state index >= 15 is 0 Å². The standard InChI is InChI=1S/C14H15NO4S2/c16-11(15-10-6-7-20-14(10)19)8-21-12(13(17)18)9-4-2-1-3-5-9/h1-5,10,12H,6-8H2,(H,15,16)(H,17,18). The van der Waals surface area contributed by atoms with Crippen LogP contribution >= 0.6 is 23.5 Å². The number of hydrogen-bond donors (Lipinski definition) is 2. The molecule has 2 N–H and O–H groups in total. The zero-order valence-electron chi connectivity index (χ0n) is 11.2. The Kier molecular flexibility index (Phi) is 5.69. The van der Waals surface area contributed by atoms with Gasteiger partial charge in [0.15, 0.2) is 0 Å². The number of hydrogen-bond acceptors (Lipinski definition) is 5. The molecule has 2 unspecified atom stereocenters. The summed E-state index contributed by atoms with van der Waals surface area (Å²) in [6.07, 6.45) is 0.640. The van der Waals surface area contributed by atoms with Gasteiger partial charge in [-0.2, -0.15) is 0 Å². The summed E-state index contributed by atoms with van der Waals surface area (Å²) >= 11 is 2.26. The average Bonchev–Trinajstić information content (AvgIpc) is 2.85. The van der Waals surface area contributed by atoms with E-state index in [9.17, 15) is 19.5 Å². The minimum atomic E-state index is -0.980. The van der Waals surface area contributed by atoms with E-state index in [1.54, 1.807) is 24.3 Å². The van der Waals surface area contributed by atoms with Crippen molar-refractivity contribution in [1.82, 2.24) is 5.32 Å². The van der Waals surface area contributed by atoms with Crippen molar-refractivity contribution in [3.05, 3.63) is 35.9 Å². The summed E-state index contributed by atoms with van der Waals surface area (Å²) in [5.41, 5.74) is 0.648. The quantitative estimate of drug-likeness (QED) is 0.828. The molecular formula is C14H15NO4S2. The van der Waals surface area contributed by atoms with Gasteiger partial charge in [0.1, 0.15) is 5.25 Å². The smallest absolute Gasteiger partial charge is 0.321 e. The highest BCUT2D eigenvalue weighted by atomic mass is 32.2. The molecule has 1 heterocycles. The van der Waals surface area contributed by atoms with E-state index in [-0.39, 0.29) is 16.8 Å². The second kappa shape index (κ2) is 7.51. The van der Waals surface area contributed by atoms with Gasteiger partial charge < -0.3 is 10.4 Å². The number of thioether (sulfide) groups is 2. The highest BCUT2D eigenvalue weighted by Crippen LogP contribution is 2.29. The Morgan fingerprint density at radius 1 is 1.38 bits per heavy atom. The summed E-state index contributed by atoms with van der Waals surface area (Å²) in [6, 6.07) is 8.36. The van der Waals surface area contributed by atoms with Crippen LogP contribution in [0.2, 0.25) is 0 Å². The molecule has 0 aromatic heterocycles. The monoisotopic (exact) mass is 325 g/mol. The maximum atomic E-state index is 11.8. The fraction of sp³-hybridized carbons (Fsp3) is 0.357. The van der Waals surface area contributed by atoms with Crippen molar-refractivity contribution in [2.45, 2.75) is 17.7 Å². The Bertz CT molecular complexity index is 535. The second-order valence-electron chi connectivity index (χ2n) is 4.52. The number of rotatable bonds is 6. The number of carboxylic acids is 1. The summed E-state index contributed by atoms with van der Waals surface area (Å²) < 4.78 is 0. The maximum Gasteiger partial charge on any atom is 0.321 e. The minimum absolute atomic E-state index is 0.0142. The molecule has 0 saturated carbocycles. The van der Waals surface area contributed by atoms with Crippen molar-refractivity contribution < 1.29 is 19.5 Å². The van der Waals surface area contributed by atoms with E-state index in [0.29, 0.717) is 12.0 Å². The van der Waals surface area contributed by atoms with Crippen molar-refractivity contribution in [3.63, 3.8) is 0 Å². The van der Waals surface area contributed by atoms with Crippen molar-refractivity contribution in [2.75, 3.05) is 11.5 Å². The van der Waals surface area contributed by atoms with E-state index in [2.05, 4.69) is 5.32 Å². The molecule has 0 spiro atoms. The van der Waals surface area contributed by atoms with Gasteiger partial charge in [0.2, 0.25) is 11.0 Å². The predicted octanol–water partition coefficient (Wildman–Crippen LogP) is 1.69. The van der Waals surface area contributed by atoms with Crippen molar-refractivity contribution >= 4 is 40.5 Å². The van der Waals surface area contributed by atoms with E-state index < -0.39 is 17.3 Å². The lowest BCUT2D eigenvalue weighted by molar-refractivity contribution is -0.136. The molecule has 2 rings (SSSR count). The number of amides is 1. The topological polar surface area (TPSA) is 83.5 Å². The molecule has 112 valence electrons. The van der Waals surface area contributed by atoms with Gasteiger partial charge in [-0.1, -0.05) is 42.1 Å². The van der Waals surface area contributed by atoms with Gasteiger partial charge in [0.05, 0.1) is 11.8 Å². The molecule has 1 amide bonds. The second-order valence-corrected chi connectivity index (χ2v) is 6.71. The van der Waals surface area contributed by atoms with Gasteiger partial charge in [-0.05, 0) is 12.0 Å². The lowest BCUT2D eigenvalue weighted by Gasteiger charge is -2.14. The number of carbonyl (C=O) groups excluding carboxylic acids is 2. The molecule has 1 aromatic carbocycles. The molecule has 2 atom stereocenters. The Labute approximate surface area is 130 Å². The molecular weight excluding hydrogens is 310 g/mol. The van der Waals surface area contributed by atoms with Gasteiger partial charge >= 0.3 is 5.97 Å². The van der Waals surface area contributed by atoms with Crippen LogP contribution in [-0.2, 0) is 14.4 Å². The van der Waals surface area contributed by atoms with Crippen LogP contribution in [0.15, 0.2) is 30.3 Å². The number of nitrogens with one attached hydrogen (secondary N) is 1. The van der Waals surface area contributed by atoms with Crippen LogP contribution in [0, 0.1) is 0 Å². The molecule has 0 radical (unpaired) electrons. The third-order valence-electron chi connectivity index (χ3n) is 2.98. The summed E-state index contributed by atoms with van der Waals surface area (Å²) in [6.45, 7) is 0. The Balaban J connectivity index is 1.89. The molecule has 0 bridgehead atoms. The highest BCUT2D eigenvalue weighted by Gasteiger charge is 2.27. The van der Waals surface area contributed by atoms with Crippen LogP contribution < -0.4 is 5.32 Å². The molecule has 1 fully saturated rings. The largest absolute Gasteiger partial charge is 0.480 e. The molecule has 21 heavy (non-hydrogen) atoms. The first-order valence-electron chi connectivity index (χ1n) is 6.43. The first-order valence-corrected chi connectivity index (χ1v) is 8.46. The Hall–Kier alpha value is -1.47. The zero-order valence-corrected chi connectivity index (χ0v) is 12.8. The van der Waals surface area contributed by atoms with Crippen LogP contribution in [-0.4, -0.2) is 39.6 Å². The molecule has 0 aliphatic carbocycles. The fourth-order valence-corrected chi connectivity index (χ4v) is 3.79. The van der Waals surface area contributed by atoms with Gasteiger partial charge in [0, 0.05) is 5.75 Å². The Morgan fingerprint density at radius 2 is 2.10 bits per heavy atom. The third kappa shape index (κ3) is 4.50. The van der Waals surface area contributed by atoms with Crippen molar-refractivity contribution in [1.29, 1.82) is 0 Å². The summed E-state index contributed by atoms with van der Waals surface area (Å²) in [4.78, 5) is 34.5. The summed E-state index contributed by atoms with van der Waals surface area (Å²) in [5, 5.41) is 11.1. The SMILES string of the molecule is O=C(CSC(C(=O)O)c1ccccc1)NC1CCSC1=O. The van der Waals surface area contributed by atoms with E-state index in [0.717, 1.165) is 17.5 Å². The Morgan fingerprint density at radius 3 is 2.67 bits per heavy atom. The van der Waals surface area contributed by atoms with Crippen molar-refractivity contribution in [2.24, 2.45) is 0 Å². The molecule has 1 aliphatic heterocycles. The van der Waals surface area contributed by atoms with E-state index in [1.165, 1.54) is 11.8 Å². The lowest BCUT2D eigenvalue weighted by atomic mass is 10.1. The minimum Gasteiger partial charge on any atom is -0.480 e. The van der Waals surface area contributed by atoms with Crippen LogP contribution in [0.3, 0.4) is 0 Å². The van der Waals surface area contributed by atoms with Gasteiger partial charge in [0.25, 0.3) is 0 Å². The molecule has 1 saturated heterocycles. The fourth-order valence-electron chi connectivity index (χ4n) is 1.96. The maximum absolute atomic E-state index is 11.8. The lowest BCUT2D eigenvalue weighted by Crippen LogP contribution is -2.38. The summed E-state index contributed by atoms with van der Waals surface area (Å²) in [5.74, 6) is -0.548. The van der Waals surface area contributed by atoms with Crippen LogP contribution in [0.25, 0.3) is 0 Å². The zero-order chi connectivity index (χ0) is 15.2. The molecule has 7 heteroatoms. The number of benzene rings is 1. The van der Waals surface area contributed by atoms with Crippen LogP contribution in [0.5, 0.6) is 0 Å². The first-order chi connectivity index (χ1) is 10.1. The normalized spacial score (nSPS) is 19.2. The molecule has 1 aliphatic rings. The number of carbonyl (C=O) groups is 3. The van der Waals surface area contributed by atoms with Gasteiger partial charge in [-0.3, -0.25) is 14.4 Å². The molecule has 5 nitrogen and oxygen atoms in total. The van der Waals surface area contributed by atoms with Gasteiger partial charge in [-0.15, -0.1) is 11.8 Å². The average molecular weight is 325 g/mol. The summed E-state index contributed by atoms with van der Waals surface area (Å²) in [7, 11) is 0. The van der Waals surface area contributed by atoms with Gasteiger partial charge in [-0.25, -0.2) is 0 Å². The molecule has 1 aromatic rings. The first kappa shape index (κ1) is 15.9.